The summed E-state index contributed by atoms with van der Waals surface area (Å²) in [4.78, 5) is 34.9. The van der Waals surface area contributed by atoms with E-state index >= 15 is 0 Å². The van der Waals surface area contributed by atoms with Gasteiger partial charge < -0.3 is 29.7 Å². The zero-order valence-corrected chi connectivity index (χ0v) is 17.6. The van der Waals surface area contributed by atoms with Gasteiger partial charge in [-0.2, -0.15) is 0 Å². The number of nitro benzene ring substituents is 1. The Balaban J connectivity index is 2.52. The maximum absolute atomic E-state index is 12.2. The lowest BCUT2D eigenvalue weighted by Crippen LogP contribution is -2.49. The Morgan fingerprint density at radius 2 is 1.84 bits per heavy atom. The van der Waals surface area contributed by atoms with E-state index in [0.717, 1.165) is 25.8 Å². The molecule has 0 saturated heterocycles. The topological polar surface area (TPSA) is 157 Å². The van der Waals surface area contributed by atoms with Crippen LogP contribution < -0.4 is 10.1 Å². The molecule has 32 heavy (non-hydrogen) atoms. The summed E-state index contributed by atoms with van der Waals surface area (Å²) >= 11 is 0. The molecule has 0 heterocycles. The van der Waals surface area contributed by atoms with Gasteiger partial charge in [-0.05, 0) is 11.6 Å². The first-order valence-corrected chi connectivity index (χ1v) is 9.48. The number of nitro groups is 1. The maximum atomic E-state index is 12.2. The summed E-state index contributed by atoms with van der Waals surface area (Å²) in [6.45, 7) is -0.354. The number of esters is 2. The molecule has 11 nitrogen and oxygen atoms in total. The highest BCUT2D eigenvalue weighted by Crippen LogP contribution is 2.36. The van der Waals surface area contributed by atoms with Crippen molar-refractivity contribution in [2.24, 2.45) is 0 Å². The zero-order chi connectivity index (χ0) is 23.7. The van der Waals surface area contributed by atoms with Crippen molar-refractivity contribution in [3.05, 3.63) is 63.7 Å². The third kappa shape index (κ3) is 6.15. The molecule has 0 aromatic heterocycles. The SMILES string of the molecule is COC(=O)CC(O)(Nc1cc(CCO)c([N+](=O)[O-])cc1OCc1ccccc1)C(=O)OC. The largest absolute Gasteiger partial charge is 0.486 e. The molecular weight excluding hydrogens is 424 g/mol. The lowest BCUT2D eigenvalue weighted by atomic mass is 10.1. The van der Waals surface area contributed by atoms with Gasteiger partial charge in [0.2, 0.25) is 5.72 Å². The zero-order valence-electron chi connectivity index (χ0n) is 17.6. The molecule has 0 aliphatic heterocycles. The van der Waals surface area contributed by atoms with Crippen molar-refractivity contribution in [3.63, 3.8) is 0 Å². The summed E-state index contributed by atoms with van der Waals surface area (Å²) in [7, 11) is 2.10. The summed E-state index contributed by atoms with van der Waals surface area (Å²) in [6, 6.07) is 11.3. The van der Waals surface area contributed by atoms with Gasteiger partial charge in [-0.25, -0.2) is 4.79 Å². The maximum Gasteiger partial charge on any atom is 0.359 e. The molecule has 2 aromatic carbocycles. The fraction of sp³-hybridized carbons (Fsp3) is 0.333. The third-order valence-corrected chi connectivity index (χ3v) is 4.49. The van der Waals surface area contributed by atoms with Gasteiger partial charge in [-0.15, -0.1) is 0 Å². The van der Waals surface area contributed by atoms with Crippen molar-refractivity contribution >= 4 is 23.3 Å². The molecule has 0 spiro atoms. The van der Waals surface area contributed by atoms with Gasteiger partial charge in [0.25, 0.3) is 5.69 Å². The number of rotatable bonds is 11. The molecule has 1 atom stereocenters. The molecule has 0 saturated carbocycles. The van der Waals surface area contributed by atoms with E-state index in [4.69, 9.17) is 4.74 Å². The van der Waals surface area contributed by atoms with Crippen LogP contribution in [0, 0.1) is 10.1 Å². The van der Waals surface area contributed by atoms with E-state index in [1.807, 2.05) is 6.07 Å². The van der Waals surface area contributed by atoms with Crippen LogP contribution in [0.4, 0.5) is 11.4 Å². The van der Waals surface area contributed by atoms with Crippen molar-refractivity contribution in [2.75, 3.05) is 26.1 Å². The first-order valence-electron chi connectivity index (χ1n) is 9.48. The molecule has 2 aromatic rings. The van der Waals surface area contributed by atoms with E-state index in [9.17, 15) is 29.9 Å². The molecule has 0 fully saturated rings. The number of nitrogens with zero attached hydrogens (tertiary/aromatic N) is 1. The van der Waals surface area contributed by atoms with Crippen molar-refractivity contribution in [1.82, 2.24) is 0 Å². The Hall–Kier alpha value is -3.70. The van der Waals surface area contributed by atoms with Crippen LogP contribution >= 0.6 is 0 Å². The minimum atomic E-state index is -2.54. The smallest absolute Gasteiger partial charge is 0.359 e. The van der Waals surface area contributed by atoms with Gasteiger partial charge >= 0.3 is 11.9 Å². The number of hydrogen-bond donors (Lipinski definition) is 3. The van der Waals surface area contributed by atoms with E-state index < -0.39 is 29.0 Å². The second kappa shape index (κ2) is 11.1. The van der Waals surface area contributed by atoms with Gasteiger partial charge in [0.05, 0.1) is 30.9 Å². The van der Waals surface area contributed by atoms with Crippen LogP contribution in [0.25, 0.3) is 0 Å². The van der Waals surface area contributed by atoms with Crippen molar-refractivity contribution in [2.45, 2.75) is 25.2 Å². The van der Waals surface area contributed by atoms with Crippen LogP contribution in [0.5, 0.6) is 5.75 Å². The quantitative estimate of drug-likeness (QED) is 0.199. The molecule has 3 N–H and O–H groups in total. The summed E-state index contributed by atoms with van der Waals surface area (Å²) in [5.74, 6) is -2.15. The average molecular weight is 448 g/mol. The highest BCUT2D eigenvalue weighted by Gasteiger charge is 2.41. The average Bonchev–Trinajstić information content (AvgIpc) is 2.78. The fourth-order valence-electron chi connectivity index (χ4n) is 2.90. The van der Waals surface area contributed by atoms with Crippen LogP contribution in [-0.4, -0.2) is 53.6 Å². The Kier molecular flexibility index (Phi) is 8.50. The Bertz CT molecular complexity index is 965. The molecule has 11 heteroatoms. The number of carbonyl (C=O) groups is 2. The molecule has 0 radical (unpaired) electrons. The van der Waals surface area contributed by atoms with Crippen LogP contribution in [0.3, 0.4) is 0 Å². The van der Waals surface area contributed by atoms with Gasteiger partial charge in [-0.3, -0.25) is 14.9 Å². The number of ether oxygens (including phenoxy) is 3. The number of methoxy groups -OCH3 is 2. The normalized spacial score (nSPS) is 12.4. The van der Waals surface area contributed by atoms with Gasteiger partial charge in [0.15, 0.2) is 0 Å². The molecular formula is C21H24N2O9. The number of aliphatic hydroxyl groups is 2. The number of anilines is 1. The van der Waals surface area contributed by atoms with E-state index in [0.29, 0.717) is 0 Å². The first-order chi connectivity index (χ1) is 15.2. The van der Waals surface area contributed by atoms with Crippen LogP contribution in [0.2, 0.25) is 0 Å². The Labute approximate surface area is 183 Å². The van der Waals surface area contributed by atoms with E-state index in [2.05, 4.69) is 14.8 Å². The molecule has 0 bridgehead atoms. The van der Waals surface area contributed by atoms with Crippen molar-refractivity contribution < 1.29 is 38.9 Å². The minimum Gasteiger partial charge on any atom is -0.486 e. The monoisotopic (exact) mass is 448 g/mol. The van der Waals surface area contributed by atoms with Crippen LogP contribution in [0.15, 0.2) is 42.5 Å². The van der Waals surface area contributed by atoms with Gasteiger partial charge in [-0.1, -0.05) is 30.3 Å². The number of carbonyl (C=O) groups excluding carboxylic acids is 2. The second-order valence-corrected chi connectivity index (χ2v) is 6.71. The lowest BCUT2D eigenvalue weighted by Gasteiger charge is -2.27. The second-order valence-electron chi connectivity index (χ2n) is 6.71. The van der Waals surface area contributed by atoms with Crippen LogP contribution in [0.1, 0.15) is 17.5 Å². The number of nitrogens with one attached hydrogen (secondary N) is 1. The highest BCUT2D eigenvalue weighted by atomic mass is 16.6. The molecule has 0 aliphatic rings. The highest BCUT2D eigenvalue weighted by molar-refractivity contribution is 5.88. The molecule has 1 unspecified atom stereocenters. The third-order valence-electron chi connectivity index (χ3n) is 4.49. The van der Waals surface area contributed by atoms with Crippen molar-refractivity contribution in [1.29, 1.82) is 0 Å². The predicted octanol–water partition coefficient (Wildman–Crippen LogP) is 1.55. The molecule has 2 rings (SSSR count). The van der Waals surface area contributed by atoms with Crippen LogP contribution in [-0.2, 0) is 32.1 Å². The Morgan fingerprint density at radius 1 is 1.16 bits per heavy atom. The van der Waals surface area contributed by atoms with E-state index in [1.54, 1.807) is 24.3 Å². The molecule has 0 aliphatic carbocycles. The number of benzene rings is 2. The summed E-state index contributed by atoms with van der Waals surface area (Å²) in [6.07, 6.45) is -0.877. The lowest BCUT2D eigenvalue weighted by molar-refractivity contribution is -0.385. The summed E-state index contributed by atoms with van der Waals surface area (Å²) < 4.78 is 14.8. The standard InChI is InChI=1S/C21H24N2O9/c1-30-19(25)12-21(27,20(26)31-2)22-16-10-15(8-9-24)17(23(28)29)11-18(16)32-13-14-6-4-3-5-7-14/h3-7,10-11,22,24,27H,8-9,12-13H2,1-2H3. The van der Waals surface area contributed by atoms with E-state index in [1.165, 1.54) is 6.07 Å². The first kappa shape index (κ1) is 24.6. The fourth-order valence-corrected chi connectivity index (χ4v) is 2.90. The predicted molar refractivity (Wildman–Crippen MR) is 112 cm³/mol. The number of hydrogen-bond acceptors (Lipinski definition) is 10. The van der Waals surface area contributed by atoms with E-state index in [-0.39, 0.29) is 42.3 Å². The number of aliphatic hydroxyl groups excluding tert-OH is 1. The minimum absolute atomic E-state index is 0.0215. The summed E-state index contributed by atoms with van der Waals surface area (Å²) in [5, 5.41) is 34.1. The molecule has 172 valence electrons. The van der Waals surface area contributed by atoms with Crippen molar-refractivity contribution in [3.8, 4) is 5.75 Å². The summed E-state index contributed by atoms with van der Waals surface area (Å²) in [5.41, 5.74) is -2.00. The Morgan fingerprint density at radius 3 is 2.41 bits per heavy atom. The van der Waals surface area contributed by atoms with Gasteiger partial charge in [0, 0.05) is 18.6 Å². The van der Waals surface area contributed by atoms with Gasteiger partial charge in [0.1, 0.15) is 18.8 Å². The molecule has 0 amide bonds.